The number of hydrogen-bond donors (Lipinski definition) is 1. The Morgan fingerprint density at radius 2 is 0.687 bits per heavy atom. The van der Waals surface area contributed by atoms with E-state index in [2.05, 4.69) is 123 Å². The van der Waals surface area contributed by atoms with E-state index in [4.69, 9.17) is 18.9 Å². The zero-order valence-electron chi connectivity index (χ0n) is 54.3. The van der Waals surface area contributed by atoms with Crippen LogP contribution < -0.4 is 0 Å². The van der Waals surface area contributed by atoms with E-state index >= 15 is 0 Å². The third kappa shape index (κ3) is 65.3. The van der Waals surface area contributed by atoms with Crippen molar-refractivity contribution in [2.24, 2.45) is 0 Å². The van der Waals surface area contributed by atoms with E-state index in [1.54, 1.807) is 0 Å². The number of likely N-dealkylation sites (N-methyl/N-ethyl adjacent to an activating group) is 1. The van der Waals surface area contributed by atoms with Crippen LogP contribution in [-0.4, -0.2) is 87.4 Å². The number of hydrogen-bond acceptors (Lipinski definition) is 7. The number of carboxylic acid groups (broad SMARTS) is 1. The summed E-state index contributed by atoms with van der Waals surface area (Å²) >= 11 is 0. The van der Waals surface area contributed by atoms with Gasteiger partial charge in [0.05, 0.1) is 34.4 Å². The SMILES string of the molecule is CC/C=C\C/C=C\C/C=C\C/C=C\C/C=C\C/C=C\C/C=C\C/C=C\C/C=C\CCCCCCCCCC(=O)OC(COC(=O)CCCCCCCCCCCCCCCCCCCCCCCCC)COC(OCC[N+](C)(C)C)C(=O)O. The van der Waals surface area contributed by atoms with Gasteiger partial charge in [-0.25, -0.2) is 4.79 Å². The molecule has 0 aliphatic carbocycles. The van der Waals surface area contributed by atoms with Crippen LogP contribution in [0.25, 0.3) is 0 Å². The Balaban J connectivity index is 4.20. The zero-order chi connectivity index (χ0) is 60.5. The summed E-state index contributed by atoms with van der Waals surface area (Å²) in [4.78, 5) is 37.6. The lowest BCUT2D eigenvalue weighted by atomic mass is 10.0. The van der Waals surface area contributed by atoms with E-state index in [0.717, 1.165) is 103 Å². The van der Waals surface area contributed by atoms with Crippen molar-refractivity contribution < 1.29 is 42.9 Å². The molecular formula is C74H128NO8+. The minimum Gasteiger partial charge on any atom is -0.477 e. The van der Waals surface area contributed by atoms with Gasteiger partial charge in [0.2, 0.25) is 0 Å². The van der Waals surface area contributed by atoms with Crippen LogP contribution in [0.1, 0.15) is 284 Å². The van der Waals surface area contributed by atoms with Crippen molar-refractivity contribution in [1.29, 1.82) is 0 Å². The lowest BCUT2D eigenvalue weighted by Crippen LogP contribution is -2.40. The highest BCUT2D eigenvalue weighted by Gasteiger charge is 2.25. The predicted octanol–water partition coefficient (Wildman–Crippen LogP) is 21.0. The van der Waals surface area contributed by atoms with E-state index in [1.165, 1.54) is 148 Å². The number of carbonyl (C=O) groups is 3. The van der Waals surface area contributed by atoms with Crippen molar-refractivity contribution in [2.45, 2.75) is 296 Å². The lowest BCUT2D eigenvalue weighted by molar-refractivity contribution is -0.870. The maximum Gasteiger partial charge on any atom is 0.361 e. The molecule has 9 heteroatoms. The molecule has 9 nitrogen and oxygen atoms in total. The largest absolute Gasteiger partial charge is 0.477 e. The minimum atomic E-state index is -1.52. The Morgan fingerprint density at radius 3 is 1.02 bits per heavy atom. The Morgan fingerprint density at radius 1 is 0.373 bits per heavy atom. The van der Waals surface area contributed by atoms with Crippen LogP contribution >= 0.6 is 0 Å². The quantitative estimate of drug-likeness (QED) is 0.0211. The number of esters is 2. The summed E-state index contributed by atoms with van der Waals surface area (Å²) in [5.74, 6) is -2.02. The zero-order valence-corrected chi connectivity index (χ0v) is 54.3. The van der Waals surface area contributed by atoms with Gasteiger partial charge in [-0.15, -0.1) is 0 Å². The fourth-order valence-corrected chi connectivity index (χ4v) is 9.36. The Kier molecular flexibility index (Phi) is 60.8. The molecule has 0 aromatic carbocycles. The van der Waals surface area contributed by atoms with Gasteiger partial charge in [-0.2, -0.15) is 0 Å². The second-order valence-electron chi connectivity index (χ2n) is 23.8. The summed E-state index contributed by atoms with van der Waals surface area (Å²) in [6.07, 6.45) is 86.2. The lowest BCUT2D eigenvalue weighted by Gasteiger charge is -2.25. The maximum atomic E-state index is 12.9. The van der Waals surface area contributed by atoms with Crippen LogP contribution in [0.3, 0.4) is 0 Å². The van der Waals surface area contributed by atoms with E-state index in [0.29, 0.717) is 23.9 Å². The first-order valence-corrected chi connectivity index (χ1v) is 34.1. The molecular weight excluding hydrogens is 1030 g/mol. The molecule has 0 saturated heterocycles. The number of carbonyl (C=O) groups excluding carboxylic acids is 2. The molecule has 1 N–H and O–H groups in total. The topological polar surface area (TPSA) is 108 Å². The molecule has 0 aromatic heterocycles. The molecule has 83 heavy (non-hydrogen) atoms. The normalized spacial score (nSPS) is 13.4. The van der Waals surface area contributed by atoms with E-state index in [9.17, 15) is 19.5 Å². The van der Waals surface area contributed by atoms with Gasteiger partial charge < -0.3 is 28.5 Å². The molecule has 0 bridgehead atoms. The second kappa shape index (κ2) is 64.0. The smallest absolute Gasteiger partial charge is 0.361 e. The van der Waals surface area contributed by atoms with Crippen LogP contribution in [-0.2, 0) is 33.3 Å². The number of rotatable bonds is 62. The molecule has 0 aliphatic rings. The standard InChI is InChI=1S/C74H127NO8/c1-6-8-10-12-14-16-18-20-22-24-26-28-30-31-32-33-34-35-36-37-38-39-40-41-43-45-47-49-51-53-55-57-59-61-63-65-72(77)83-70(69-82-74(73(78)79)80-67-66-75(3,4)5)68-81-71(76)64-62-60-58-56-54-52-50-48-46-44-42-29-27-25-23-21-19-17-15-13-11-9-7-2/h8,10,14,16,20,22,26,28,31-32,34-35,37-38,40-41,45,47,70,74H,6-7,9,11-13,15,17-19,21,23-25,27,29-30,33,36,39,42-44,46,48-69H2,1-5H3/p+1/b10-8-,16-14-,22-20-,28-26-,32-31-,35-34-,38-37-,41-40-,47-45-. The highest BCUT2D eigenvalue weighted by atomic mass is 16.7. The highest BCUT2D eigenvalue weighted by molar-refractivity contribution is 5.71. The summed E-state index contributed by atoms with van der Waals surface area (Å²) in [6.45, 7) is 4.78. The number of unbranched alkanes of at least 4 members (excludes halogenated alkanes) is 29. The van der Waals surface area contributed by atoms with Crippen molar-refractivity contribution in [3.05, 3.63) is 109 Å². The molecule has 0 fully saturated rings. The van der Waals surface area contributed by atoms with Crippen molar-refractivity contribution in [1.82, 2.24) is 0 Å². The summed E-state index contributed by atoms with van der Waals surface area (Å²) in [7, 11) is 5.97. The molecule has 0 spiro atoms. The Labute approximate surface area is 511 Å². The molecule has 0 saturated carbocycles. The van der Waals surface area contributed by atoms with Gasteiger partial charge in [-0.05, 0) is 83.5 Å². The maximum absolute atomic E-state index is 12.9. The number of carboxylic acids is 1. The third-order valence-electron chi connectivity index (χ3n) is 14.5. The first-order valence-electron chi connectivity index (χ1n) is 34.1. The van der Waals surface area contributed by atoms with Crippen LogP contribution in [0.4, 0.5) is 0 Å². The van der Waals surface area contributed by atoms with Gasteiger partial charge in [0.15, 0.2) is 6.10 Å². The first-order chi connectivity index (χ1) is 40.6. The van der Waals surface area contributed by atoms with Crippen LogP contribution in [0.5, 0.6) is 0 Å². The van der Waals surface area contributed by atoms with E-state index in [-0.39, 0.29) is 32.2 Å². The molecule has 476 valence electrons. The molecule has 0 heterocycles. The Hall–Kier alpha value is -4.05. The van der Waals surface area contributed by atoms with Crippen molar-refractivity contribution in [3.63, 3.8) is 0 Å². The predicted molar refractivity (Wildman–Crippen MR) is 355 cm³/mol. The summed E-state index contributed by atoms with van der Waals surface area (Å²) in [5, 5.41) is 9.74. The molecule has 0 aliphatic heterocycles. The van der Waals surface area contributed by atoms with Gasteiger partial charge in [-0.1, -0.05) is 297 Å². The van der Waals surface area contributed by atoms with Crippen molar-refractivity contribution >= 4 is 17.9 Å². The van der Waals surface area contributed by atoms with Crippen LogP contribution in [0.15, 0.2) is 109 Å². The van der Waals surface area contributed by atoms with E-state index < -0.39 is 24.3 Å². The summed E-state index contributed by atoms with van der Waals surface area (Å²) < 4.78 is 23.0. The molecule has 0 amide bonds. The van der Waals surface area contributed by atoms with Gasteiger partial charge in [-0.3, -0.25) is 9.59 Å². The minimum absolute atomic E-state index is 0.182. The summed E-state index contributed by atoms with van der Waals surface area (Å²) in [5.41, 5.74) is 0. The number of quaternary nitrogens is 1. The van der Waals surface area contributed by atoms with Crippen LogP contribution in [0.2, 0.25) is 0 Å². The monoisotopic (exact) mass is 1160 g/mol. The molecule has 0 radical (unpaired) electrons. The van der Waals surface area contributed by atoms with Gasteiger partial charge in [0, 0.05) is 12.8 Å². The fourth-order valence-electron chi connectivity index (χ4n) is 9.36. The molecule has 0 aromatic rings. The number of ether oxygens (including phenoxy) is 4. The number of allylic oxidation sites excluding steroid dienone is 18. The van der Waals surface area contributed by atoms with Gasteiger partial charge >= 0.3 is 17.9 Å². The van der Waals surface area contributed by atoms with Gasteiger partial charge in [0.1, 0.15) is 13.2 Å². The highest BCUT2D eigenvalue weighted by Crippen LogP contribution is 2.17. The fraction of sp³-hybridized carbons (Fsp3) is 0.716. The molecule has 2 unspecified atom stereocenters. The average molecular weight is 1160 g/mol. The average Bonchev–Trinajstić information content (AvgIpc) is 3.46. The number of aliphatic carboxylic acids is 1. The third-order valence-corrected chi connectivity index (χ3v) is 14.5. The molecule has 2 atom stereocenters. The van der Waals surface area contributed by atoms with Crippen LogP contribution in [0, 0.1) is 0 Å². The number of nitrogens with zero attached hydrogens (tertiary/aromatic N) is 1. The van der Waals surface area contributed by atoms with Crippen molar-refractivity contribution in [3.8, 4) is 0 Å². The molecule has 0 rings (SSSR count). The second-order valence-corrected chi connectivity index (χ2v) is 23.8. The Bertz CT molecular complexity index is 1730. The van der Waals surface area contributed by atoms with E-state index in [1.807, 2.05) is 21.1 Å². The summed E-state index contributed by atoms with van der Waals surface area (Å²) in [6, 6.07) is 0. The first kappa shape index (κ1) is 79.0. The van der Waals surface area contributed by atoms with Crippen molar-refractivity contribution in [2.75, 3.05) is 47.5 Å². The van der Waals surface area contributed by atoms with Gasteiger partial charge in [0.25, 0.3) is 6.29 Å².